The van der Waals surface area contributed by atoms with Gasteiger partial charge >= 0.3 is 0 Å². The fourth-order valence-electron chi connectivity index (χ4n) is 2.91. The molecule has 0 fully saturated rings. The van der Waals surface area contributed by atoms with Gasteiger partial charge in [0.1, 0.15) is 0 Å². The lowest BCUT2D eigenvalue weighted by Gasteiger charge is -2.16. The molecule has 0 aliphatic carbocycles. The number of benzene rings is 1. The highest BCUT2D eigenvalue weighted by molar-refractivity contribution is 14.1. The molecule has 0 saturated carbocycles. The van der Waals surface area contributed by atoms with Gasteiger partial charge in [-0.3, -0.25) is 0 Å². The highest BCUT2D eigenvalue weighted by Crippen LogP contribution is 2.34. The Balaban J connectivity index is 2.10. The SMILES string of the molecule is C=C(CO)C1=CCOC1CC/C(=C/c1cc(I)c(O)c(OC)c1)CC. The molecule has 1 aliphatic rings. The van der Waals surface area contributed by atoms with Gasteiger partial charge in [-0.1, -0.05) is 31.2 Å². The van der Waals surface area contributed by atoms with E-state index in [1.165, 1.54) is 5.57 Å². The smallest absolute Gasteiger partial charge is 0.171 e. The minimum absolute atomic E-state index is 0.00379. The van der Waals surface area contributed by atoms with Crippen molar-refractivity contribution in [2.75, 3.05) is 20.3 Å². The zero-order chi connectivity index (χ0) is 18.4. The summed E-state index contributed by atoms with van der Waals surface area (Å²) < 4.78 is 11.8. The largest absolute Gasteiger partial charge is 0.504 e. The quantitative estimate of drug-likeness (QED) is 0.568. The van der Waals surface area contributed by atoms with Crippen LogP contribution < -0.4 is 4.74 Å². The Hall–Kier alpha value is -1.31. The maximum absolute atomic E-state index is 9.96. The van der Waals surface area contributed by atoms with Crippen LogP contribution in [0.5, 0.6) is 11.5 Å². The number of halogens is 1. The van der Waals surface area contributed by atoms with Gasteiger partial charge < -0.3 is 19.7 Å². The van der Waals surface area contributed by atoms with Gasteiger partial charge in [-0.15, -0.1) is 0 Å². The Morgan fingerprint density at radius 1 is 1.48 bits per heavy atom. The average Bonchev–Trinajstić information content (AvgIpc) is 3.09. The maximum Gasteiger partial charge on any atom is 0.171 e. The van der Waals surface area contributed by atoms with E-state index in [1.807, 2.05) is 18.2 Å². The predicted molar refractivity (Wildman–Crippen MR) is 109 cm³/mol. The van der Waals surface area contributed by atoms with Crippen LogP contribution in [0.15, 0.2) is 41.5 Å². The van der Waals surface area contributed by atoms with Gasteiger partial charge in [-0.2, -0.15) is 0 Å². The van der Waals surface area contributed by atoms with Gasteiger partial charge in [0, 0.05) is 0 Å². The van der Waals surface area contributed by atoms with Crippen molar-refractivity contribution in [2.24, 2.45) is 0 Å². The summed E-state index contributed by atoms with van der Waals surface area (Å²) >= 11 is 2.10. The van der Waals surface area contributed by atoms with Crippen molar-refractivity contribution in [2.45, 2.75) is 32.3 Å². The van der Waals surface area contributed by atoms with Gasteiger partial charge in [0.25, 0.3) is 0 Å². The topological polar surface area (TPSA) is 58.9 Å². The summed E-state index contributed by atoms with van der Waals surface area (Å²) in [7, 11) is 1.55. The number of aliphatic hydroxyl groups excluding tert-OH is 1. The van der Waals surface area contributed by atoms with Crippen molar-refractivity contribution >= 4 is 28.7 Å². The third-order valence-corrected chi connectivity index (χ3v) is 5.19. The molecule has 2 rings (SSSR count). The Morgan fingerprint density at radius 3 is 2.88 bits per heavy atom. The number of aliphatic hydroxyl groups is 1. The molecule has 0 aromatic heterocycles. The first kappa shape index (κ1) is 20.0. The van der Waals surface area contributed by atoms with E-state index in [-0.39, 0.29) is 18.5 Å². The number of hydrogen-bond acceptors (Lipinski definition) is 4. The molecule has 1 heterocycles. The van der Waals surface area contributed by atoms with Crippen molar-refractivity contribution in [3.05, 3.63) is 50.6 Å². The van der Waals surface area contributed by atoms with Crippen molar-refractivity contribution < 1.29 is 19.7 Å². The molecular formula is C20H25IO4. The van der Waals surface area contributed by atoms with Crippen LogP contribution >= 0.6 is 22.6 Å². The van der Waals surface area contributed by atoms with Crippen molar-refractivity contribution in [3.8, 4) is 11.5 Å². The zero-order valence-electron chi connectivity index (χ0n) is 14.7. The number of phenols is 1. The Kier molecular flexibility index (Phi) is 7.53. The standard InChI is InChI=1S/C20H25IO4/c1-4-14(5-6-18-16(7-8-25-18)13(2)12-22)9-15-10-17(21)20(23)19(11-15)24-3/h7,9-11,18,22-23H,2,4-6,8,12H2,1,3H3/b14-9+. The molecule has 4 nitrogen and oxygen atoms in total. The van der Waals surface area contributed by atoms with Crippen molar-refractivity contribution in [3.63, 3.8) is 0 Å². The summed E-state index contributed by atoms with van der Waals surface area (Å²) in [5.41, 5.74) is 4.08. The highest BCUT2D eigenvalue weighted by atomic mass is 127. The summed E-state index contributed by atoms with van der Waals surface area (Å²) in [6.45, 7) is 6.59. The Labute approximate surface area is 163 Å². The summed E-state index contributed by atoms with van der Waals surface area (Å²) in [5, 5.41) is 19.2. The molecule has 5 heteroatoms. The summed E-state index contributed by atoms with van der Waals surface area (Å²) in [4.78, 5) is 0. The van der Waals surface area contributed by atoms with Gasteiger partial charge in [0.2, 0.25) is 0 Å². The van der Waals surface area contributed by atoms with E-state index < -0.39 is 0 Å². The van der Waals surface area contributed by atoms with Gasteiger partial charge in [0.05, 0.1) is 30.0 Å². The van der Waals surface area contributed by atoms with Crippen LogP contribution in [-0.4, -0.2) is 36.6 Å². The molecule has 0 saturated heterocycles. The number of hydrogen-bond donors (Lipinski definition) is 2. The number of ether oxygens (including phenoxy) is 2. The third-order valence-electron chi connectivity index (χ3n) is 4.37. The second kappa shape index (κ2) is 9.40. The molecule has 1 aliphatic heterocycles. The van der Waals surface area contributed by atoms with E-state index >= 15 is 0 Å². The van der Waals surface area contributed by atoms with Gasteiger partial charge in [0.15, 0.2) is 11.5 Å². The molecule has 1 unspecified atom stereocenters. The van der Waals surface area contributed by atoms with E-state index in [0.29, 0.717) is 12.4 Å². The first-order chi connectivity index (χ1) is 12.0. The van der Waals surface area contributed by atoms with Crippen LogP contribution in [0.1, 0.15) is 31.7 Å². The molecule has 1 atom stereocenters. The Bertz CT molecular complexity index is 691. The van der Waals surface area contributed by atoms with Crippen molar-refractivity contribution in [1.29, 1.82) is 0 Å². The molecule has 0 radical (unpaired) electrons. The first-order valence-electron chi connectivity index (χ1n) is 8.36. The lowest BCUT2D eigenvalue weighted by molar-refractivity contribution is 0.115. The zero-order valence-corrected chi connectivity index (χ0v) is 16.9. The number of phenolic OH excluding ortho intramolecular Hbond substituents is 1. The van der Waals surface area contributed by atoms with Crippen LogP contribution in [0.25, 0.3) is 6.08 Å². The summed E-state index contributed by atoms with van der Waals surface area (Å²) in [5.74, 6) is 0.659. The minimum Gasteiger partial charge on any atom is -0.504 e. The first-order valence-corrected chi connectivity index (χ1v) is 9.44. The minimum atomic E-state index is -0.0338. The van der Waals surface area contributed by atoms with Crippen LogP contribution in [0.4, 0.5) is 0 Å². The number of allylic oxidation sites excluding steroid dienone is 1. The van der Waals surface area contributed by atoms with E-state index in [1.54, 1.807) is 7.11 Å². The highest BCUT2D eigenvalue weighted by Gasteiger charge is 2.21. The van der Waals surface area contributed by atoms with Crippen LogP contribution in [0.3, 0.4) is 0 Å². The molecule has 0 spiro atoms. The monoisotopic (exact) mass is 456 g/mol. The maximum atomic E-state index is 9.96. The molecule has 0 bridgehead atoms. The fraction of sp³-hybridized carbons (Fsp3) is 0.400. The molecule has 2 N–H and O–H groups in total. The number of aromatic hydroxyl groups is 1. The van der Waals surface area contributed by atoms with Crippen LogP contribution in [-0.2, 0) is 4.74 Å². The van der Waals surface area contributed by atoms with Crippen LogP contribution in [0, 0.1) is 3.57 Å². The van der Waals surface area contributed by atoms with E-state index in [2.05, 4.69) is 42.2 Å². The second-order valence-electron chi connectivity index (χ2n) is 5.99. The normalized spacial score (nSPS) is 17.5. The predicted octanol–water partition coefficient (Wildman–Crippen LogP) is 4.45. The molecule has 1 aromatic rings. The van der Waals surface area contributed by atoms with Gasteiger partial charge in [-0.05, 0) is 70.7 Å². The van der Waals surface area contributed by atoms with E-state index in [0.717, 1.165) is 39.5 Å². The summed E-state index contributed by atoms with van der Waals surface area (Å²) in [6, 6.07) is 3.79. The molecular weight excluding hydrogens is 431 g/mol. The Morgan fingerprint density at radius 2 is 2.24 bits per heavy atom. The van der Waals surface area contributed by atoms with E-state index in [9.17, 15) is 10.2 Å². The second-order valence-corrected chi connectivity index (χ2v) is 7.15. The molecule has 136 valence electrons. The molecule has 25 heavy (non-hydrogen) atoms. The number of methoxy groups -OCH3 is 1. The van der Waals surface area contributed by atoms with E-state index in [4.69, 9.17) is 9.47 Å². The van der Waals surface area contributed by atoms with Gasteiger partial charge in [-0.25, -0.2) is 0 Å². The summed E-state index contributed by atoms with van der Waals surface area (Å²) in [6.07, 6.45) is 6.85. The molecule has 1 aromatic carbocycles. The fourth-order valence-corrected chi connectivity index (χ4v) is 3.54. The van der Waals surface area contributed by atoms with Crippen LogP contribution in [0.2, 0.25) is 0 Å². The average molecular weight is 456 g/mol. The molecule has 0 amide bonds. The lowest BCUT2D eigenvalue weighted by atomic mass is 9.96. The van der Waals surface area contributed by atoms with Crippen molar-refractivity contribution in [1.82, 2.24) is 0 Å². The number of rotatable bonds is 8. The third kappa shape index (κ3) is 5.09. The lowest BCUT2D eigenvalue weighted by Crippen LogP contribution is -2.13.